The van der Waals surface area contributed by atoms with E-state index in [9.17, 15) is 0 Å². The predicted octanol–water partition coefficient (Wildman–Crippen LogP) is 5.57. The summed E-state index contributed by atoms with van der Waals surface area (Å²) in [5, 5.41) is 6.47. The van der Waals surface area contributed by atoms with Crippen LogP contribution in [0.1, 0.15) is 35.9 Å². The number of hydrogen-bond donors (Lipinski definition) is 1. The Balaban J connectivity index is 2.39. The molecule has 21 heavy (non-hydrogen) atoms. The zero-order chi connectivity index (χ0) is 15.4. The molecule has 1 aromatic carbocycles. The van der Waals surface area contributed by atoms with Gasteiger partial charge >= 0.3 is 0 Å². The van der Waals surface area contributed by atoms with Crippen molar-refractivity contribution in [3.8, 4) is 5.75 Å². The molecule has 0 saturated carbocycles. The Hall–Kier alpha value is -0.550. The van der Waals surface area contributed by atoms with E-state index in [1.807, 2.05) is 19.9 Å². The molecule has 0 amide bonds. The summed E-state index contributed by atoms with van der Waals surface area (Å²) in [5.74, 6) is 0.866. The Bertz CT molecular complexity index is 614. The molecule has 1 heterocycles. The molecule has 0 bridgehead atoms. The third-order valence-electron chi connectivity index (χ3n) is 3.18. The monoisotopic (exact) mass is 387 g/mol. The minimum atomic E-state index is 0.105. The van der Waals surface area contributed by atoms with E-state index in [1.165, 1.54) is 5.56 Å². The largest absolute Gasteiger partial charge is 0.493 e. The molecule has 1 aromatic heterocycles. The van der Waals surface area contributed by atoms with Gasteiger partial charge in [-0.25, -0.2) is 0 Å². The third kappa shape index (κ3) is 3.81. The van der Waals surface area contributed by atoms with E-state index >= 15 is 0 Å². The minimum Gasteiger partial charge on any atom is -0.493 e. The van der Waals surface area contributed by atoms with Crippen LogP contribution in [0, 0.1) is 6.92 Å². The maximum atomic E-state index is 6.44. The quantitative estimate of drug-likeness (QED) is 0.698. The summed E-state index contributed by atoms with van der Waals surface area (Å²) >= 11 is 11.7. The number of nitrogens with one attached hydrogen (secondary N) is 1. The molecule has 2 nitrogen and oxygen atoms in total. The van der Waals surface area contributed by atoms with Crippen molar-refractivity contribution in [2.24, 2.45) is 0 Å². The van der Waals surface area contributed by atoms with E-state index in [0.29, 0.717) is 6.61 Å². The summed E-state index contributed by atoms with van der Waals surface area (Å²) in [4.78, 5) is 1.16. The number of thiophene rings is 1. The van der Waals surface area contributed by atoms with Gasteiger partial charge in [-0.1, -0.05) is 24.6 Å². The molecular formula is C16H19BrClNOS. The lowest BCUT2D eigenvalue weighted by Crippen LogP contribution is -2.21. The number of aryl methyl sites for hydroxylation is 1. The molecule has 0 spiro atoms. The van der Waals surface area contributed by atoms with Gasteiger partial charge in [-0.05, 0) is 65.0 Å². The molecule has 0 aliphatic rings. The van der Waals surface area contributed by atoms with Gasteiger partial charge < -0.3 is 10.1 Å². The Morgan fingerprint density at radius 3 is 2.67 bits per heavy atom. The molecule has 0 fully saturated rings. The average molecular weight is 389 g/mol. The lowest BCUT2D eigenvalue weighted by Gasteiger charge is -2.19. The maximum Gasteiger partial charge on any atom is 0.133 e. The molecule has 5 heteroatoms. The van der Waals surface area contributed by atoms with E-state index in [-0.39, 0.29) is 6.04 Å². The molecule has 0 radical (unpaired) electrons. The molecule has 114 valence electrons. The Kier molecular flexibility index (Phi) is 6.11. The molecule has 1 atom stereocenters. The van der Waals surface area contributed by atoms with Gasteiger partial charge in [0.25, 0.3) is 0 Å². The first-order valence-electron chi connectivity index (χ1n) is 6.97. The number of rotatable bonds is 6. The van der Waals surface area contributed by atoms with Crippen molar-refractivity contribution in [3.05, 3.63) is 49.1 Å². The molecule has 1 N–H and O–H groups in total. The minimum absolute atomic E-state index is 0.105. The van der Waals surface area contributed by atoms with E-state index in [1.54, 1.807) is 11.3 Å². The zero-order valence-corrected chi connectivity index (χ0v) is 15.5. The van der Waals surface area contributed by atoms with Gasteiger partial charge in [0.05, 0.1) is 22.1 Å². The predicted molar refractivity (Wildman–Crippen MR) is 94.9 cm³/mol. The number of hydrogen-bond acceptors (Lipinski definition) is 3. The molecule has 1 unspecified atom stereocenters. The van der Waals surface area contributed by atoms with Crippen molar-refractivity contribution < 1.29 is 4.74 Å². The van der Waals surface area contributed by atoms with Crippen molar-refractivity contribution in [1.29, 1.82) is 0 Å². The van der Waals surface area contributed by atoms with E-state index in [0.717, 1.165) is 32.2 Å². The summed E-state index contributed by atoms with van der Waals surface area (Å²) in [6, 6.07) is 6.30. The molecular weight excluding hydrogens is 370 g/mol. The SMILES string of the molecule is CCNC(c1ccc(OCC)c(Br)c1)c1scc(C)c1Cl. The lowest BCUT2D eigenvalue weighted by atomic mass is 10.0. The number of halogens is 2. The summed E-state index contributed by atoms with van der Waals surface area (Å²) < 4.78 is 6.54. The molecule has 0 aliphatic carbocycles. The average Bonchev–Trinajstić information content (AvgIpc) is 2.79. The lowest BCUT2D eigenvalue weighted by molar-refractivity contribution is 0.338. The van der Waals surface area contributed by atoms with Crippen molar-refractivity contribution in [3.63, 3.8) is 0 Å². The van der Waals surface area contributed by atoms with Gasteiger partial charge in [0.15, 0.2) is 0 Å². The van der Waals surface area contributed by atoms with E-state index in [2.05, 4.69) is 45.7 Å². The normalized spacial score (nSPS) is 12.4. The summed E-state index contributed by atoms with van der Waals surface area (Å²) in [7, 11) is 0. The number of benzene rings is 1. The van der Waals surface area contributed by atoms with Crippen LogP contribution in [0.3, 0.4) is 0 Å². The second-order valence-corrected chi connectivity index (χ2v) is 6.85. The second kappa shape index (κ2) is 7.63. The fraction of sp³-hybridized carbons (Fsp3) is 0.375. The highest BCUT2D eigenvalue weighted by molar-refractivity contribution is 9.10. The van der Waals surface area contributed by atoms with Gasteiger partial charge in [0.2, 0.25) is 0 Å². The summed E-state index contributed by atoms with van der Waals surface area (Å²) in [6.07, 6.45) is 0. The van der Waals surface area contributed by atoms with Crippen LogP contribution in [-0.2, 0) is 0 Å². The van der Waals surface area contributed by atoms with Crippen LogP contribution in [0.2, 0.25) is 5.02 Å². The van der Waals surface area contributed by atoms with Crippen LogP contribution >= 0.6 is 38.9 Å². The first-order valence-corrected chi connectivity index (χ1v) is 9.02. The van der Waals surface area contributed by atoms with Crippen molar-refractivity contribution in [1.82, 2.24) is 5.32 Å². The van der Waals surface area contributed by atoms with Gasteiger partial charge in [-0.15, -0.1) is 11.3 Å². The van der Waals surface area contributed by atoms with Gasteiger partial charge in [-0.2, -0.15) is 0 Å². The Morgan fingerprint density at radius 2 is 2.14 bits per heavy atom. The smallest absolute Gasteiger partial charge is 0.133 e. The second-order valence-electron chi connectivity index (χ2n) is 4.71. The molecule has 2 rings (SSSR count). The topological polar surface area (TPSA) is 21.3 Å². The maximum absolute atomic E-state index is 6.44. The van der Waals surface area contributed by atoms with Crippen molar-refractivity contribution >= 4 is 38.9 Å². The fourth-order valence-corrected chi connectivity index (χ4v) is 4.09. The molecule has 0 saturated heterocycles. The van der Waals surface area contributed by atoms with Crippen molar-refractivity contribution in [2.75, 3.05) is 13.2 Å². The fourth-order valence-electron chi connectivity index (χ4n) is 2.18. The van der Waals surface area contributed by atoms with Crippen molar-refractivity contribution in [2.45, 2.75) is 26.8 Å². The van der Waals surface area contributed by atoms with Crippen LogP contribution in [-0.4, -0.2) is 13.2 Å². The standard InChI is InChI=1S/C16H19BrClNOS/c1-4-19-15(16-14(18)10(3)9-21-16)11-6-7-13(20-5-2)12(17)8-11/h6-9,15,19H,4-5H2,1-3H3. The highest BCUT2D eigenvalue weighted by atomic mass is 79.9. The highest BCUT2D eigenvalue weighted by Crippen LogP contribution is 2.37. The third-order valence-corrected chi connectivity index (χ3v) is 5.58. The van der Waals surface area contributed by atoms with Gasteiger partial charge in [0.1, 0.15) is 5.75 Å². The summed E-state index contributed by atoms with van der Waals surface area (Å²) in [6.45, 7) is 7.66. The van der Waals surface area contributed by atoms with E-state index < -0.39 is 0 Å². The first-order chi connectivity index (χ1) is 10.1. The van der Waals surface area contributed by atoms with Crippen LogP contribution in [0.5, 0.6) is 5.75 Å². The van der Waals surface area contributed by atoms with Crippen LogP contribution in [0.25, 0.3) is 0 Å². The molecule has 2 aromatic rings. The van der Waals surface area contributed by atoms with Crippen LogP contribution in [0.15, 0.2) is 28.1 Å². The first kappa shape index (κ1) is 16.8. The van der Waals surface area contributed by atoms with Gasteiger partial charge in [-0.3, -0.25) is 0 Å². The Morgan fingerprint density at radius 1 is 1.38 bits per heavy atom. The molecule has 0 aliphatic heterocycles. The Labute approximate surface area is 143 Å². The summed E-state index contributed by atoms with van der Waals surface area (Å²) in [5.41, 5.74) is 2.31. The van der Waals surface area contributed by atoms with Crippen LogP contribution < -0.4 is 10.1 Å². The van der Waals surface area contributed by atoms with E-state index in [4.69, 9.17) is 16.3 Å². The zero-order valence-electron chi connectivity index (χ0n) is 12.4. The number of ether oxygens (including phenoxy) is 1. The highest BCUT2D eigenvalue weighted by Gasteiger charge is 2.20. The van der Waals surface area contributed by atoms with Crippen LogP contribution in [0.4, 0.5) is 0 Å². The van der Waals surface area contributed by atoms with Gasteiger partial charge in [0, 0.05) is 4.88 Å².